The van der Waals surface area contributed by atoms with Crippen molar-refractivity contribution in [2.24, 2.45) is 0 Å². The summed E-state index contributed by atoms with van der Waals surface area (Å²) in [6, 6.07) is 11.0. The van der Waals surface area contributed by atoms with Crippen LogP contribution in [0.3, 0.4) is 0 Å². The van der Waals surface area contributed by atoms with Crippen molar-refractivity contribution < 1.29 is 14.6 Å². The van der Waals surface area contributed by atoms with Crippen LogP contribution in [0.15, 0.2) is 42.6 Å². The second kappa shape index (κ2) is 5.51. The third kappa shape index (κ3) is 2.60. The van der Waals surface area contributed by atoms with Crippen molar-refractivity contribution >= 4 is 5.97 Å². The Morgan fingerprint density at radius 2 is 2.00 bits per heavy atom. The first kappa shape index (κ1) is 12.4. The smallest absolute Gasteiger partial charge is 0.337 e. The molecule has 0 fully saturated rings. The number of aliphatic hydroxyl groups is 1. The number of benzene rings is 1. The molecule has 0 unspecified atom stereocenters. The Morgan fingerprint density at radius 1 is 1.28 bits per heavy atom. The van der Waals surface area contributed by atoms with Gasteiger partial charge in [-0.15, -0.1) is 0 Å². The van der Waals surface area contributed by atoms with Gasteiger partial charge >= 0.3 is 5.97 Å². The van der Waals surface area contributed by atoms with Gasteiger partial charge in [0.05, 0.1) is 19.3 Å². The van der Waals surface area contributed by atoms with E-state index in [2.05, 4.69) is 4.74 Å². The van der Waals surface area contributed by atoms with Crippen LogP contribution in [0.25, 0.3) is 0 Å². The molecule has 94 valence electrons. The molecule has 0 spiro atoms. The number of aliphatic hydroxyl groups excluding tert-OH is 1. The number of carbonyl (C=O) groups is 1. The predicted molar refractivity (Wildman–Crippen MR) is 67.2 cm³/mol. The van der Waals surface area contributed by atoms with E-state index in [0.717, 1.165) is 11.3 Å². The highest BCUT2D eigenvalue weighted by Crippen LogP contribution is 2.10. The summed E-state index contributed by atoms with van der Waals surface area (Å²) in [5.74, 6) is -0.335. The Hall–Kier alpha value is -2.07. The summed E-state index contributed by atoms with van der Waals surface area (Å²) < 4.78 is 6.61. The summed E-state index contributed by atoms with van der Waals surface area (Å²) in [6.45, 7) is 0.692. The lowest BCUT2D eigenvalue weighted by molar-refractivity contribution is 0.0600. The molecular formula is C14H15NO3. The number of methoxy groups -OCH3 is 1. The average Bonchev–Trinajstić information content (AvgIpc) is 2.86. The highest BCUT2D eigenvalue weighted by Gasteiger charge is 2.05. The lowest BCUT2D eigenvalue weighted by atomic mass is 10.1. The Morgan fingerprint density at radius 3 is 2.61 bits per heavy atom. The Balaban J connectivity index is 2.13. The van der Waals surface area contributed by atoms with E-state index in [9.17, 15) is 4.79 Å². The molecule has 18 heavy (non-hydrogen) atoms. The van der Waals surface area contributed by atoms with Crippen LogP contribution in [-0.2, 0) is 17.9 Å². The molecule has 0 aliphatic heterocycles. The molecule has 0 amide bonds. The molecule has 4 nitrogen and oxygen atoms in total. The van der Waals surface area contributed by atoms with Crippen LogP contribution in [0.4, 0.5) is 0 Å². The molecule has 1 aromatic heterocycles. The van der Waals surface area contributed by atoms with Gasteiger partial charge in [-0.25, -0.2) is 4.79 Å². The molecule has 4 heteroatoms. The van der Waals surface area contributed by atoms with E-state index >= 15 is 0 Å². The zero-order valence-corrected chi connectivity index (χ0v) is 10.2. The van der Waals surface area contributed by atoms with E-state index < -0.39 is 0 Å². The van der Waals surface area contributed by atoms with E-state index in [0.29, 0.717) is 12.1 Å². The number of esters is 1. The molecule has 2 aromatic rings. The maximum absolute atomic E-state index is 11.3. The predicted octanol–water partition coefficient (Wildman–Crippen LogP) is 1.82. The van der Waals surface area contributed by atoms with E-state index in [-0.39, 0.29) is 12.6 Å². The van der Waals surface area contributed by atoms with Gasteiger partial charge in [0.25, 0.3) is 0 Å². The lowest BCUT2D eigenvalue weighted by Gasteiger charge is -2.08. The van der Waals surface area contributed by atoms with Crippen LogP contribution in [0, 0.1) is 0 Å². The normalized spacial score (nSPS) is 10.3. The average molecular weight is 245 g/mol. The Kier molecular flexibility index (Phi) is 3.79. The van der Waals surface area contributed by atoms with Gasteiger partial charge in [-0.3, -0.25) is 0 Å². The number of aromatic nitrogens is 1. The first-order valence-corrected chi connectivity index (χ1v) is 5.66. The van der Waals surface area contributed by atoms with E-state index in [1.165, 1.54) is 7.11 Å². The fourth-order valence-electron chi connectivity index (χ4n) is 1.81. The largest absolute Gasteiger partial charge is 0.465 e. The highest BCUT2D eigenvalue weighted by atomic mass is 16.5. The van der Waals surface area contributed by atoms with Gasteiger partial charge in [0.2, 0.25) is 0 Å². The van der Waals surface area contributed by atoms with Crippen LogP contribution in [0.5, 0.6) is 0 Å². The molecule has 0 atom stereocenters. The first-order valence-electron chi connectivity index (χ1n) is 5.66. The number of hydrogen-bond donors (Lipinski definition) is 1. The van der Waals surface area contributed by atoms with Gasteiger partial charge < -0.3 is 14.4 Å². The van der Waals surface area contributed by atoms with Crippen LogP contribution >= 0.6 is 0 Å². The molecule has 0 saturated heterocycles. The van der Waals surface area contributed by atoms with Gasteiger partial charge in [0, 0.05) is 18.4 Å². The van der Waals surface area contributed by atoms with Crippen molar-refractivity contribution in [1.29, 1.82) is 0 Å². The number of carbonyl (C=O) groups excluding carboxylic acids is 1. The number of hydrogen-bond acceptors (Lipinski definition) is 3. The second-order valence-electron chi connectivity index (χ2n) is 3.97. The highest BCUT2D eigenvalue weighted by molar-refractivity contribution is 5.89. The Bertz CT molecular complexity index is 528. The first-order chi connectivity index (χ1) is 8.74. The van der Waals surface area contributed by atoms with E-state index in [4.69, 9.17) is 5.11 Å². The summed E-state index contributed by atoms with van der Waals surface area (Å²) in [5.41, 5.74) is 2.47. The molecule has 0 saturated carbocycles. The molecule has 0 aliphatic rings. The molecule has 0 radical (unpaired) electrons. The van der Waals surface area contributed by atoms with Crippen LogP contribution in [0.2, 0.25) is 0 Å². The van der Waals surface area contributed by atoms with Gasteiger partial charge in [-0.2, -0.15) is 0 Å². The summed E-state index contributed by atoms with van der Waals surface area (Å²) >= 11 is 0. The molecule has 1 N–H and O–H groups in total. The van der Waals surface area contributed by atoms with Crippen molar-refractivity contribution in [1.82, 2.24) is 4.57 Å². The van der Waals surface area contributed by atoms with Crippen molar-refractivity contribution in [3.05, 3.63) is 59.4 Å². The van der Waals surface area contributed by atoms with Crippen molar-refractivity contribution in [3.63, 3.8) is 0 Å². The quantitative estimate of drug-likeness (QED) is 0.836. The number of rotatable bonds is 4. The fraction of sp³-hybridized carbons (Fsp3) is 0.214. The summed E-state index contributed by atoms with van der Waals surface area (Å²) in [5, 5.41) is 9.15. The third-order valence-electron chi connectivity index (χ3n) is 2.81. The van der Waals surface area contributed by atoms with Gasteiger partial charge in [-0.1, -0.05) is 12.1 Å². The van der Waals surface area contributed by atoms with E-state index in [1.807, 2.05) is 35.0 Å². The standard InChI is InChI=1S/C14H15NO3/c1-18-14(17)12-6-4-11(5-7-12)9-15-8-2-3-13(15)10-16/h2-8,16H,9-10H2,1H3. The Labute approximate surface area is 105 Å². The minimum atomic E-state index is -0.335. The SMILES string of the molecule is COC(=O)c1ccc(Cn2cccc2CO)cc1. The van der Waals surface area contributed by atoms with Gasteiger partial charge in [0.15, 0.2) is 0 Å². The topological polar surface area (TPSA) is 51.5 Å². The monoisotopic (exact) mass is 245 g/mol. The van der Waals surface area contributed by atoms with Gasteiger partial charge in [0.1, 0.15) is 0 Å². The molecule has 2 rings (SSSR count). The molecular weight excluding hydrogens is 230 g/mol. The minimum Gasteiger partial charge on any atom is -0.465 e. The molecule has 1 heterocycles. The third-order valence-corrected chi connectivity index (χ3v) is 2.81. The fourth-order valence-corrected chi connectivity index (χ4v) is 1.81. The van der Waals surface area contributed by atoms with E-state index in [1.54, 1.807) is 12.1 Å². The number of nitrogens with zero attached hydrogens (tertiary/aromatic N) is 1. The summed E-state index contributed by atoms with van der Waals surface area (Å²) in [7, 11) is 1.36. The molecule has 1 aromatic carbocycles. The van der Waals surface area contributed by atoms with Crippen LogP contribution < -0.4 is 0 Å². The van der Waals surface area contributed by atoms with Crippen molar-refractivity contribution in [3.8, 4) is 0 Å². The van der Waals surface area contributed by atoms with Gasteiger partial charge in [-0.05, 0) is 29.8 Å². The maximum atomic E-state index is 11.3. The summed E-state index contributed by atoms with van der Waals surface area (Å²) in [6.07, 6.45) is 1.92. The molecule has 0 bridgehead atoms. The van der Waals surface area contributed by atoms with Crippen LogP contribution in [0.1, 0.15) is 21.6 Å². The van der Waals surface area contributed by atoms with Crippen LogP contribution in [-0.4, -0.2) is 22.8 Å². The van der Waals surface area contributed by atoms with Crippen molar-refractivity contribution in [2.45, 2.75) is 13.2 Å². The second-order valence-corrected chi connectivity index (χ2v) is 3.97. The minimum absolute atomic E-state index is 0.0211. The number of ether oxygens (including phenoxy) is 1. The molecule has 0 aliphatic carbocycles. The maximum Gasteiger partial charge on any atom is 0.337 e. The lowest BCUT2D eigenvalue weighted by Crippen LogP contribution is -2.04. The zero-order chi connectivity index (χ0) is 13.0. The zero-order valence-electron chi connectivity index (χ0n) is 10.2. The summed E-state index contributed by atoms with van der Waals surface area (Å²) in [4.78, 5) is 11.3. The van der Waals surface area contributed by atoms with Crippen molar-refractivity contribution in [2.75, 3.05) is 7.11 Å².